The minimum absolute atomic E-state index is 0.117. The highest BCUT2D eigenvalue weighted by Gasteiger charge is 2.36. The summed E-state index contributed by atoms with van der Waals surface area (Å²) < 4.78 is 5.98. The summed E-state index contributed by atoms with van der Waals surface area (Å²) in [7, 11) is 0. The lowest BCUT2D eigenvalue weighted by Crippen LogP contribution is -2.48. The minimum atomic E-state index is -0.306. The van der Waals surface area contributed by atoms with Crippen LogP contribution in [-0.4, -0.2) is 47.0 Å². The van der Waals surface area contributed by atoms with Crippen LogP contribution in [0.4, 0.5) is 21.9 Å². The number of rotatable bonds is 6. The molecule has 3 amide bonds. The molecule has 1 unspecified atom stereocenters. The van der Waals surface area contributed by atoms with Crippen LogP contribution >= 0.6 is 11.3 Å². The Kier molecular flexibility index (Phi) is 5.97. The zero-order valence-electron chi connectivity index (χ0n) is 21.6. The summed E-state index contributed by atoms with van der Waals surface area (Å²) in [6.45, 7) is 3.96. The maximum atomic E-state index is 13.5. The van der Waals surface area contributed by atoms with E-state index in [2.05, 4.69) is 20.5 Å². The van der Waals surface area contributed by atoms with Crippen LogP contribution in [0.2, 0.25) is 0 Å². The number of carbonyl (C=O) groups is 2. The molecule has 2 fully saturated rings. The number of anilines is 3. The molecule has 3 aliphatic rings. The number of benzene rings is 2. The number of ether oxygens (including phenoxy) is 1. The van der Waals surface area contributed by atoms with Crippen molar-refractivity contribution in [1.82, 2.24) is 15.2 Å². The van der Waals surface area contributed by atoms with Gasteiger partial charge in [0, 0.05) is 24.8 Å². The van der Waals surface area contributed by atoms with E-state index in [9.17, 15) is 9.59 Å². The molecule has 2 N–H and O–H groups in total. The Morgan fingerprint density at radius 1 is 1.08 bits per heavy atom. The van der Waals surface area contributed by atoms with Crippen LogP contribution in [0.1, 0.15) is 40.9 Å². The van der Waals surface area contributed by atoms with Gasteiger partial charge in [0.2, 0.25) is 0 Å². The molecule has 1 atom stereocenters. The third kappa shape index (κ3) is 4.51. The molecule has 0 radical (unpaired) electrons. The summed E-state index contributed by atoms with van der Waals surface area (Å²) in [5.74, 6) is 1.30. The van der Waals surface area contributed by atoms with E-state index in [0.717, 1.165) is 53.1 Å². The van der Waals surface area contributed by atoms with Crippen molar-refractivity contribution in [1.29, 1.82) is 0 Å². The second-order valence-corrected chi connectivity index (χ2v) is 11.5. The number of pyridine rings is 1. The Balaban J connectivity index is 1.18. The lowest BCUT2D eigenvalue weighted by atomic mass is 10.1. The summed E-state index contributed by atoms with van der Waals surface area (Å²) in [5, 5.41) is 7.05. The van der Waals surface area contributed by atoms with E-state index < -0.39 is 0 Å². The third-order valence-corrected chi connectivity index (χ3v) is 8.79. The van der Waals surface area contributed by atoms with Gasteiger partial charge in [-0.2, -0.15) is 0 Å². The van der Waals surface area contributed by atoms with E-state index in [1.807, 2.05) is 61.5 Å². The molecule has 0 spiro atoms. The molecule has 1 aliphatic carbocycles. The smallest absolute Gasteiger partial charge is 0.331 e. The first-order chi connectivity index (χ1) is 19.0. The molecule has 2 aromatic carbocycles. The van der Waals surface area contributed by atoms with Crippen LogP contribution in [0.3, 0.4) is 0 Å². The highest BCUT2D eigenvalue weighted by molar-refractivity contribution is 7.21. The van der Waals surface area contributed by atoms with E-state index in [-0.39, 0.29) is 18.0 Å². The van der Waals surface area contributed by atoms with Gasteiger partial charge < -0.3 is 15.4 Å². The van der Waals surface area contributed by atoms with Gasteiger partial charge in [-0.15, -0.1) is 11.3 Å². The van der Waals surface area contributed by atoms with Gasteiger partial charge >= 0.3 is 6.03 Å². The number of hydrogen-bond donors (Lipinski definition) is 2. The number of thiophene rings is 1. The highest BCUT2D eigenvalue weighted by Crippen LogP contribution is 2.46. The zero-order valence-corrected chi connectivity index (χ0v) is 22.5. The van der Waals surface area contributed by atoms with E-state index >= 15 is 0 Å². The van der Waals surface area contributed by atoms with Crippen molar-refractivity contribution in [2.75, 3.05) is 23.3 Å². The molecular formula is C30H29N5O3S. The Labute approximate surface area is 230 Å². The van der Waals surface area contributed by atoms with Gasteiger partial charge in [-0.3, -0.25) is 14.6 Å². The fraction of sp³-hybridized carbons (Fsp3) is 0.300. The van der Waals surface area contributed by atoms with Crippen molar-refractivity contribution in [2.24, 2.45) is 0 Å². The normalized spacial score (nSPS) is 19.2. The van der Waals surface area contributed by atoms with Gasteiger partial charge in [-0.1, -0.05) is 18.2 Å². The molecule has 1 saturated heterocycles. The first-order valence-electron chi connectivity index (χ1n) is 13.5. The van der Waals surface area contributed by atoms with Crippen LogP contribution in [0, 0.1) is 6.92 Å². The fourth-order valence-corrected chi connectivity index (χ4v) is 6.72. The number of aromatic nitrogens is 1. The first kappa shape index (κ1) is 24.1. The Hall–Kier alpha value is -3.95. The first-order valence-corrected chi connectivity index (χ1v) is 14.3. The fourth-order valence-electron chi connectivity index (χ4n) is 5.70. The predicted molar refractivity (Wildman–Crippen MR) is 154 cm³/mol. The number of para-hydroxylation sites is 1. The van der Waals surface area contributed by atoms with Crippen molar-refractivity contribution in [2.45, 2.75) is 44.7 Å². The second-order valence-electron chi connectivity index (χ2n) is 10.5. The van der Waals surface area contributed by atoms with Crippen LogP contribution in [-0.2, 0) is 0 Å². The average molecular weight is 540 g/mol. The number of urea groups is 1. The average Bonchev–Trinajstić information content (AvgIpc) is 3.73. The summed E-state index contributed by atoms with van der Waals surface area (Å²) in [6, 6.07) is 17.6. The SMILES string of the molecule is Cc1cc(Oc2ccccc2)ccc1N1C(=O)Nc2c(C(=O)NC3CCCN(C4CC4)C3)sc3nccc1c23. The zero-order chi connectivity index (χ0) is 26.5. The Bertz CT molecular complexity index is 1580. The number of carbonyl (C=O) groups excluding carboxylic acids is 2. The van der Waals surface area contributed by atoms with Crippen LogP contribution < -0.4 is 20.3 Å². The van der Waals surface area contributed by atoms with Crippen molar-refractivity contribution in [3.63, 3.8) is 0 Å². The number of likely N-dealkylation sites (tertiary alicyclic amines) is 1. The molecule has 7 rings (SSSR count). The molecule has 2 aliphatic heterocycles. The van der Waals surface area contributed by atoms with E-state index in [1.165, 1.54) is 24.2 Å². The molecule has 8 nitrogen and oxygen atoms in total. The van der Waals surface area contributed by atoms with Gasteiger partial charge in [-0.05, 0) is 81.1 Å². The van der Waals surface area contributed by atoms with Gasteiger partial charge in [0.05, 0.1) is 22.4 Å². The lowest BCUT2D eigenvalue weighted by Gasteiger charge is -2.33. The van der Waals surface area contributed by atoms with Crippen molar-refractivity contribution in [3.8, 4) is 11.5 Å². The van der Waals surface area contributed by atoms with E-state index in [1.54, 1.807) is 11.1 Å². The lowest BCUT2D eigenvalue weighted by molar-refractivity contribution is 0.0905. The van der Waals surface area contributed by atoms with E-state index in [0.29, 0.717) is 28.0 Å². The van der Waals surface area contributed by atoms with Gasteiger partial charge in [0.1, 0.15) is 21.2 Å². The second kappa shape index (κ2) is 9.66. The van der Waals surface area contributed by atoms with Crippen LogP contribution in [0.5, 0.6) is 11.5 Å². The van der Waals surface area contributed by atoms with E-state index in [4.69, 9.17) is 4.74 Å². The number of piperidine rings is 1. The monoisotopic (exact) mass is 539 g/mol. The van der Waals surface area contributed by atoms with Gasteiger partial charge in [0.25, 0.3) is 5.91 Å². The summed E-state index contributed by atoms with van der Waals surface area (Å²) in [5.41, 5.74) is 2.89. The predicted octanol–water partition coefficient (Wildman–Crippen LogP) is 6.44. The van der Waals surface area contributed by atoms with Gasteiger partial charge in [-0.25, -0.2) is 9.78 Å². The maximum Gasteiger partial charge on any atom is 0.331 e. The minimum Gasteiger partial charge on any atom is -0.457 e. The quantitative estimate of drug-likeness (QED) is 0.295. The molecular weight excluding hydrogens is 510 g/mol. The summed E-state index contributed by atoms with van der Waals surface area (Å²) in [6.07, 6.45) is 6.29. The maximum absolute atomic E-state index is 13.5. The molecule has 4 aromatic rings. The molecule has 198 valence electrons. The number of hydrogen-bond acceptors (Lipinski definition) is 6. The largest absolute Gasteiger partial charge is 0.457 e. The van der Waals surface area contributed by atoms with Crippen LogP contribution in [0.25, 0.3) is 10.2 Å². The number of nitrogens with zero attached hydrogens (tertiary/aromatic N) is 3. The summed E-state index contributed by atoms with van der Waals surface area (Å²) in [4.78, 5) is 36.9. The molecule has 1 saturated carbocycles. The summed E-state index contributed by atoms with van der Waals surface area (Å²) >= 11 is 1.33. The number of aryl methyl sites for hydroxylation is 1. The molecule has 39 heavy (non-hydrogen) atoms. The number of nitrogens with one attached hydrogen (secondary N) is 2. The van der Waals surface area contributed by atoms with Crippen molar-refractivity contribution >= 4 is 50.6 Å². The molecule has 0 bridgehead atoms. The molecule has 4 heterocycles. The topological polar surface area (TPSA) is 86.8 Å². The standard InChI is InChI=1S/C30H29N5O3S/c1-18-16-22(38-21-7-3-2-4-8-21)11-12-23(18)35-24-13-14-31-29-25(24)26(33-30(35)37)27(39-29)28(36)32-19-6-5-15-34(17-19)20-9-10-20/h2-4,7-8,11-14,16,19-20H,5-6,9-10,15,17H2,1H3,(H,32,36)(H,33,37). The van der Waals surface area contributed by atoms with Gasteiger partial charge in [0.15, 0.2) is 0 Å². The van der Waals surface area contributed by atoms with Crippen molar-refractivity contribution in [3.05, 3.63) is 71.2 Å². The van der Waals surface area contributed by atoms with Crippen LogP contribution in [0.15, 0.2) is 60.8 Å². The molecule has 9 heteroatoms. The number of amides is 3. The molecule has 2 aromatic heterocycles. The van der Waals surface area contributed by atoms with Crippen molar-refractivity contribution < 1.29 is 14.3 Å². The highest BCUT2D eigenvalue weighted by atomic mass is 32.1. The Morgan fingerprint density at radius 3 is 2.72 bits per heavy atom. The third-order valence-electron chi connectivity index (χ3n) is 7.69. The Morgan fingerprint density at radius 2 is 1.92 bits per heavy atom.